The largest absolute Gasteiger partial charge is 0.508 e. The summed E-state index contributed by atoms with van der Waals surface area (Å²) in [5.41, 5.74) is 1.03. The maximum absolute atomic E-state index is 9.09. The van der Waals surface area contributed by atoms with E-state index in [1.54, 1.807) is 12.1 Å². The number of phenolic OH excluding ortho intramolecular Hbond substituents is 1. The molecule has 0 saturated heterocycles. The molecule has 1 aliphatic rings. The second-order valence-corrected chi connectivity index (χ2v) is 3.28. The van der Waals surface area contributed by atoms with Gasteiger partial charge in [-0.3, -0.25) is 4.99 Å². The second kappa shape index (κ2) is 3.09. The third kappa shape index (κ3) is 1.64. The van der Waals surface area contributed by atoms with E-state index in [2.05, 4.69) is 17.2 Å². The van der Waals surface area contributed by atoms with Crippen molar-refractivity contribution in [1.82, 2.24) is 5.32 Å². The quantitative estimate of drug-likeness (QED) is 0.673. The monoisotopic (exact) mass is 176 g/mol. The number of benzene rings is 1. The molecule has 3 nitrogen and oxygen atoms in total. The molecule has 0 bridgehead atoms. The second-order valence-electron chi connectivity index (χ2n) is 3.28. The van der Waals surface area contributed by atoms with Crippen LogP contribution in [0, 0.1) is 0 Å². The molecule has 2 N–H and O–H groups in total. The van der Waals surface area contributed by atoms with Gasteiger partial charge in [0, 0.05) is 11.6 Å². The topological polar surface area (TPSA) is 44.6 Å². The van der Waals surface area contributed by atoms with Gasteiger partial charge in [-0.15, -0.1) is 0 Å². The number of rotatable bonds is 1. The third-order valence-corrected chi connectivity index (χ3v) is 2.05. The van der Waals surface area contributed by atoms with E-state index in [4.69, 9.17) is 5.11 Å². The number of phenols is 1. The molecule has 3 heteroatoms. The molecular formula is C10H12N2O. The highest BCUT2D eigenvalue weighted by molar-refractivity contribution is 6.00. The van der Waals surface area contributed by atoms with Gasteiger partial charge >= 0.3 is 0 Å². The molecule has 0 spiro atoms. The van der Waals surface area contributed by atoms with Gasteiger partial charge in [0.25, 0.3) is 0 Å². The first-order valence-electron chi connectivity index (χ1n) is 4.36. The van der Waals surface area contributed by atoms with Gasteiger partial charge in [-0.1, -0.05) is 0 Å². The highest BCUT2D eigenvalue weighted by atomic mass is 16.3. The van der Waals surface area contributed by atoms with Crippen molar-refractivity contribution in [3.63, 3.8) is 0 Å². The fourth-order valence-corrected chi connectivity index (χ4v) is 1.35. The Morgan fingerprint density at radius 3 is 2.62 bits per heavy atom. The van der Waals surface area contributed by atoms with Gasteiger partial charge in [-0.05, 0) is 31.2 Å². The van der Waals surface area contributed by atoms with Crippen molar-refractivity contribution in [2.45, 2.75) is 13.0 Å². The van der Waals surface area contributed by atoms with Crippen molar-refractivity contribution in [3.05, 3.63) is 29.8 Å². The van der Waals surface area contributed by atoms with Crippen LogP contribution >= 0.6 is 0 Å². The molecule has 1 aromatic carbocycles. The number of amidine groups is 1. The van der Waals surface area contributed by atoms with Crippen LogP contribution in [0.2, 0.25) is 0 Å². The van der Waals surface area contributed by atoms with E-state index >= 15 is 0 Å². The first kappa shape index (κ1) is 8.10. The smallest absolute Gasteiger partial charge is 0.128 e. The number of aromatic hydroxyl groups is 1. The maximum atomic E-state index is 9.09. The molecule has 2 rings (SSSR count). The van der Waals surface area contributed by atoms with Crippen LogP contribution in [0.5, 0.6) is 5.75 Å². The lowest BCUT2D eigenvalue weighted by molar-refractivity contribution is 0.475. The fourth-order valence-electron chi connectivity index (χ4n) is 1.35. The summed E-state index contributed by atoms with van der Waals surface area (Å²) in [6.45, 7) is 2.92. The standard InChI is InChI=1S/C10H12N2O/c1-7-6-11-10(12-7)8-2-4-9(13)5-3-8/h2-5,7,13H,6H2,1H3,(H,11,12). The highest BCUT2D eigenvalue weighted by Gasteiger charge is 2.13. The van der Waals surface area contributed by atoms with E-state index in [9.17, 15) is 0 Å². The molecule has 1 aliphatic heterocycles. The summed E-state index contributed by atoms with van der Waals surface area (Å²) < 4.78 is 0. The lowest BCUT2D eigenvalue weighted by atomic mass is 10.2. The van der Waals surface area contributed by atoms with Crippen molar-refractivity contribution < 1.29 is 5.11 Å². The zero-order chi connectivity index (χ0) is 9.26. The summed E-state index contributed by atoms with van der Waals surface area (Å²) in [4.78, 5) is 4.34. The number of aliphatic imine (C=N–C) groups is 1. The SMILES string of the molecule is CC1CN=C(c2ccc(O)cc2)N1. The molecule has 0 fully saturated rings. The van der Waals surface area contributed by atoms with E-state index < -0.39 is 0 Å². The van der Waals surface area contributed by atoms with Crippen molar-refractivity contribution in [2.24, 2.45) is 4.99 Å². The number of hydrogen-bond acceptors (Lipinski definition) is 3. The van der Waals surface area contributed by atoms with Crippen LogP contribution in [0.4, 0.5) is 0 Å². The Bertz CT molecular complexity index is 329. The predicted octanol–water partition coefficient (Wildman–Crippen LogP) is 1.13. The Balaban J connectivity index is 2.22. The molecule has 1 unspecified atom stereocenters. The fraction of sp³-hybridized carbons (Fsp3) is 0.300. The molecule has 68 valence electrons. The first-order chi connectivity index (χ1) is 6.25. The molecule has 0 amide bonds. The molecule has 0 aliphatic carbocycles. The molecule has 13 heavy (non-hydrogen) atoms. The van der Waals surface area contributed by atoms with Gasteiger partial charge < -0.3 is 10.4 Å². The van der Waals surface area contributed by atoms with Gasteiger partial charge in [0.05, 0.1) is 6.54 Å². The summed E-state index contributed by atoms with van der Waals surface area (Å²) in [6.07, 6.45) is 0. The average Bonchev–Trinajstić information content (AvgIpc) is 2.53. The van der Waals surface area contributed by atoms with Crippen LogP contribution in [0.1, 0.15) is 12.5 Å². The van der Waals surface area contributed by atoms with Crippen molar-refractivity contribution in [2.75, 3.05) is 6.54 Å². The van der Waals surface area contributed by atoms with Gasteiger partial charge in [-0.2, -0.15) is 0 Å². The molecule has 0 aromatic heterocycles. The minimum absolute atomic E-state index is 0.287. The lowest BCUT2D eigenvalue weighted by Crippen LogP contribution is -2.27. The van der Waals surface area contributed by atoms with E-state index in [0.717, 1.165) is 17.9 Å². The van der Waals surface area contributed by atoms with Gasteiger partial charge in [0.15, 0.2) is 0 Å². The van der Waals surface area contributed by atoms with Crippen LogP contribution in [-0.4, -0.2) is 23.5 Å². The normalized spacial score (nSPS) is 21.0. The molecule has 0 radical (unpaired) electrons. The van der Waals surface area contributed by atoms with Crippen LogP contribution < -0.4 is 5.32 Å². The Labute approximate surface area is 77.1 Å². The van der Waals surface area contributed by atoms with E-state index in [1.807, 2.05) is 12.1 Å². The van der Waals surface area contributed by atoms with E-state index in [-0.39, 0.29) is 5.75 Å². The molecular weight excluding hydrogens is 164 g/mol. The zero-order valence-electron chi connectivity index (χ0n) is 7.49. The van der Waals surface area contributed by atoms with Crippen LogP contribution in [0.25, 0.3) is 0 Å². The van der Waals surface area contributed by atoms with Crippen molar-refractivity contribution >= 4 is 5.84 Å². The van der Waals surface area contributed by atoms with E-state index in [0.29, 0.717) is 6.04 Å². The highest BCUT2D eigenvalue weighted by Crippen LogP contribution is 2.11. The summed E-state index contributed by atoms with van der Waals surface area (Å²) in [6, 6.07) is 7.48. The molecule has 1 aromatic rings. The zero-order valence-corrected chi connectivity index (χ0v) is 7.49. The number of hydrogen-bond donors (Lipinski definition) is 2. The minimum Gasteiger partial charge on any atom is -0.508 e. The Morgan fingerprint density at radius 1 is 1.38 bits per heavy atom. The summed E-state index contributed by atoms with van der Waals surface area (Å²) in [5, 5.41) is 12.3. The van der Waals surface area contributed by atoms with Crippen LogP contribution in [-0.2, 0) is 0 Å². The molecule has 0 saturated carbocycles. The maximum Gasteiger partial charge on any atom is 0.128 e. The number of nitrogens with one attached hydrogen (secondary N) is 1. The van der Waals surface area contributed by atoms with Gasteiger partial charge in [0.2, 0.25) is 0 Å². The van der Waals surface area contributed by atoms with Gasteiger partial charge in [0.1, 0.15) is 11.6 Å². The summed E-state index contributed by atoms with van der Waals surface area (Å²) in [5.74, 6) is 1.21. The van der Waals surface area contributed by atoms with E-state index in [1.165, 1.54) is 0 Å². The average molecular weight is 176 g/mol. The third-order valence-electron chi connectivity index (χ3n) is 2.05. The van der Waals surface area contributed by atoms with Crippen LogP contribution in [0.3, 0.4) is 0 Å². The van der Waals surface area contributed by atoms with Crippen molar-refractivity contribution in [3.8, 4) is 5.75 Å². The first-order valence-corrected chi connectivity index (χ1v) is 4.36. The number of nitrogens with zero attached hydrogens (tertiary/aromatic N) is 1. The van der Waals surface area contributed by atoms with Gasteiger partial charge in [-0.25, -0.2) is 0 Å². The molecule has 1 heterocycles. The van der Waals surface area contributed by atoms with Crippen molar-refractivity contribution in [1.29, 1.82) is 0 Å². The molecule has 1 atom stereocenters. The Hall–Kier alpha value is -1.51. The van der Waals surface area contributed by atoms with Crippen LogP contribution in [0.15, 0.2) is 29.3 Å². The minimum atomic E-state index is 0.287. The predicted molar refractivity (Wildman–Crippen MR) is 52.1 cm³/mol. The Kier molecular flexibility index (Phi) is 1.93. The Morgan fingerprint density at radius 2 is 2.08 bits per heavy atom. The summed E-state index contributed by atoms with van der Waals surface area (Å²) >= 11 is 0. The summed E-state index contributed by atoms with van der Waals surface area (Å²) in [7, 11) is 0. The lowest BCUT2D eigenvalue weighted by Gasteiger charge is -2.05.